The summed E-state index contributed by atoms with van der Waals surface area (Å²) < 4.78 is 43.3. The lowest BCUT2D eigenvalue weighted by atomic mass is 10.2. The largest absolute Gasteiger partial charge is 0.748 e. The minimum atomic E-state index is -4.17. The lowest BCUT2D eigenvalue weighted by Crippen LogP contribution is -2.57. The normalized spacial score (nSPS) is 18.7. The highest BCUT2D eigenvalue weighted by Gasteiger charge is 2.30. The minimum Gasteiger partial charge on any atom is -0.748 e. The topological polar surface area (TPSA) is 92.7 Å². The molecule has 0 atom stereocenters. The summed E-state index contributed by atoms with van der Waals surface area (Å²) in [6, 6.07) is 0. The second-order valence-corrected chi connectivity index (χ2v) is 7.31. The zero-order valence-corrected chi connectivity index (χ0v) is 13.6. The molecule has 7 nitrogen and oxygen atoms in total. The Bertz CT molecular complexity index is 428. The van der Waals surface area contributed by atoms with Gasteiger partial charge in [0.15, 0.2) is 0 Å². The van der Waals surface area contributed by atoms with Crippen molar-refractivity contribution < 1.29 is 31.7 Å². The van der Waals surface area contributed by atoms with E-state index in [2.05, 4.69) is 0 Å². The van der Waals surface area contributed by atoms with Gasteiger partial charge in [-0.05, 0) is 0 Å². The summed E-state index contributed by atoms with van der Waals surface area (Å²) in [5.74, 6) is -0.739. The Kier molecular flexibility index (Phi) is 7.05. The maximum Gasteiger partial charge on any atom is 0.308 e. The van der Waals surface area contributed by atoms with Crippen molar-refractivity contribution in [1.82, 2.24) is 0 Å². The molecule has 21 heavy (non-hydrogen) atoms. The molecule has 0 aromatic rings. The van der Waals surface area contributed by atoms with Crippen LogP contribution in [0.15, 0.2) is 0 Å². The zero-order valence-electron chi connectivity index (χ0n) is 12.7. The maximum atomic E-state index is 11.5. The van der Waals surface area contributed by atoms with Crippen LogP contribution in [0.3, 0.4) is 0 Å². The van der Waals surface area contributed by atoms with E-state index in [4.69, 9.17) is 9.47 Å². The van der Waals surface area contributed by atoms with Gasteiger partial charge in [-0.15, -0.1) is 0 Å². The third-order valence-electron chi connectivity index (χ3n) is 3.73. The number of carbonyl (C=O) groups is 1. The van der Waals surface area contributed by atoms with E-state index in [9.17, 15) is 17.8 Å². The maximum absolute atomic E-state index is 11.5. The minimum absolute atomic E-state index is 0.159. The third-order valence-corrected chi connectivity index (χ3v) is 4.52. The molecule has 0 amide bonds. The third kappa shape index (κ3) is 7.21. The fourth-order valence-corrected chi connectivity index (χ4v) is 2.86. The van der Waals surface area contributed by atoms with Crippen molar-refractivity contribution in [2.45, 2.75) is 20.3 Å². The molecule has 0 aliphatic carbocycles. The summed E-state index contributed by atoms with van der Waals surface area (Å²) in [7, 11) is -4.17. The van der Waals surface area contributed by atoms with Gasteiger partial charge in [0, 0.05) is 12.2 Å². The van der Waals surface area contributed by atoms with Crippen LogP contribution >= 0.6 is 0 Å². The Balaban J connectivity index is 2.47. The zero-order chi connectivity index (χ0) is 15.9. The predicted octanol–water partition coefficient (Wildman–Crippen LogP) is -0.0321. The van der Waals surface area contributed by atoms with Gasteiger partial charge in [-0.1, -0.05) is 13.8 Å². The van der Waals surface area contributed by atoms with Crippen LogP contribution in [0.5, 0.6) is 0 Å². The Labute approximate surface area is 126 Å². The van der Waals surface area contributed by atoms with Crippen molar-refractivity contribution in [3.05, 3.63) is 0 Å². The molecule has 0 spiro atoms. The summed E-state index contributed by atoms with van der Waals surface area (Å²) in [6.45, 7) is 7.77. The van der Waals surface area contributed by atoms with Gasteiger partial charge in [0.05, 0.1) is 35.8 Å². The van der Waals surface area contributed by atoms with Crippen LogP contribution in [0.25, 0.3) is 0 Å². The molecule has 0 radical (unpaired) electrons. The number of hydrogen-bond acceptors (Lipinski definition) is 6. The molecular formula is C13H25NO6S. The van der Waals surface area contributed by atoms with Crippen LogP contribution in [0, 0.1) is 5.92 Å². The van der Waals surface area contributed by atoms with Crippen LogP contribution in [0.1, 0.15) is 20.3 Å². The van der Waals surface area contributed by atoms with Crippen LogP contribution in [-0.4, -0.2) is 75.2 Å². The standard InChI is InChI=1S/C13H25NO6S/c1-12(2)13(15)20-10-7-14(5-8-19-9-6-14)4-3-11-21(16,17)18/h12H,3-11H2,1-2H3. The molecule has 8 heteroatoms. The number of rotatable bonds is 8. The van der Waals surface area contributed by atoms with Gasteiger partial charge in [-0.3, -0.25) is 4.79 Å². The first-order chi connectivity index (χ1) is 9.74. The highest BCUT2D eigenvalue weighted by atomic mass is 32.2. The Morgan fingerprint density at radius 2 is 1.90 bits per heavy atom. The van der Waals surface area contributed by atoms with Crippen LogP contribution < -0.4 is 0 Å². The molecule has 1 rings (SSSR count). The number of ether oxygens (including phenoxy) is 2. The first kappa shape index (κ1) is 18.3. The van der Waals surface area contributed by atoms with Crippen molar-refractivity contribution in [3.63, 3.8) is 0 Å². The molecule has 0 unspecified atom stereocenters. The molecule has 0 N–H and O–H groups in total. The lowest BCUT2D eigenvalue weighted by molar-refractivity contribution is -0.935. The van der Waals surface area contributed by atoms with E-state index in [1.54, 1.807) is 13.8 Å². The average molecular weight is 323 g/mol. The van der Waals surface area contributed by atoms with Crippen molar-refractivity contribution >= 4 is 16.1 Å². The Morgan fingerprint density at radius 1 is 1.29 bits per heavy atom. The van der Waals surface area contributed by atoms with Crippen molar-refractivity contribution in [1.29, 1.82) is 0 Å². The molecule has 0 saturated carbocycles. The van der Waals surface area contributed by atoms with Crippen LogP contribution in [-0.2, 0) is 24.4 Å². The van der Waals surface area contributed by atoms with Gasteiger partial charge in [0.2, 0.25) is 0 Å². The van der Waals surface area contributed by atoms with Crippen molar-refractivity contribution in [2.75, 3.05) is 51.8 Å². The molecule has 0 aromatic heterocycles. The fraction of sp³-hybridized carbons (Fsp3) is 0.923. The molecule has 0 bridgehead atoms. The highest BCUT2D eigenvalue weighted by molar-refractivity contribution is 7.85. The SMILES string of the molecule is CC(C)C(=O)OCC[N+]1(CCCS(=O)(=O)[O-])CCOCC1. The number of hydrogen-bond donors (Lipinski definition) is 0. The number of quaternary nitrogens is 1. The molecule has 1 aliphatic heterocycles. The van der Waals surface area contributed by atoms with E-state index in [-0.39, 0.29) is 17.6 Å². The van der Waals surface area contributed by atoms with E-state index >= 15 is 0 Å². The average Bonchev–Trinajstić information content (AvgIpc) is 2.38. The van der Waals surface area contributed by atoms with Crippen LogP contribution in [0.2, 0.25) is 0 Å². The Hall–Kier alpha value is -0.700. The molecule has 1 saturated heterocycles. The predicted molar refractivity (Wildman–Crippen MR) is 75.5 cm³/mol. The van der Waals surface area contributed by atoms with Gasteiger partial charge in [-0.2, -0.15) is 0 Å². The quantitative estimate of drug-likeness (QED) is 0.354. The summed E-state index contributed by atoms with van der Waals surface area (Å²) in [5.41, 5.74) is 0. The van der Waals surface area contributed by atoms with E-state index in [1.807, 2.05) is 0 Å². The fourth-order valence-electron chi connectivity index (χ4n) is 2.37. The summed E-state index contributed by atoms with van der Waals surface area (Å²) >= 11 is 0. The highest BCUT2D eigenvalue weighted by Crippen LogP contribution is 2.13. The number of morpholine rings is 1. The van der Waals surface area contributed by atoms with Gasteiger partial charge in [-0.25, -0.2) is 8.42 Å². The lowest BCUT2D eigenvalue weighted by Gasteiger charge is -2.41. The smallest absolute Gasteiger partial charge is 0.308 e. The van der Waals surface area contributed by atoms with E-state index in [0.717, 1.165) is 13.1 Å². The summed E-state index contributed by atoms with van der Waals surface area (Å²) in [6.07, 6.45) is 0.323. The summed E-state index contributed by atoms with van der Waals surface area (Å²) in [5, 5.41) is 0. The van der Waals surface area contributed by atoms with Crippen molar-refractivity contribution in [3.8, 4) is 0 Å². The molecule has 1 fully saturated rings. The molecule has 1 heterocycles. The van der Waals surface area contributed by atoms with Crippen molar-refractivity contribution in [2.24, 2.45) is 5.92 Å². The second-order valence-electron chi connectivity index (χ2n) is 5.79. The van der Waals surface area contributed by atoms with Gasteiger partial charge in [0.1, 0.15) is 26.2 Å². The number of nitrogens with zero attached hydrogens (tertiary/aromatic N) is 1. The molecule has 0 aromatic carbocycles. The first-order valence-corrected chi connectivity index (χ1v) is 8.85. The monoisotopic (exact) mass is 323 g/mol. The Morgan fingerprint density at radius 3 is 2.43 bits per heavy atom. The van der Waals surface area contributed by atoms with E-state index in [1.165, 1.54) is 0 Å². The molecular weight excluding hydrogens is 298 g/mol. The second kappa shape index (κ2) is 8.07. The van der Waals surface area contributed by atoms with E-state index < -0.39 is 10.1 Å². The van der Waals surface area contributed by atoms with E-state index in [0.29, 0.717) is 43.8 Å². The first-order valence-electron chi connectivity index (χ1n) is 7.27. The van der Waals surface area contributed by atoms with Gasteiger partial charge < -0.3 is 18.5 Å². The van der Waals surface area contributed by atoms with Gasteiger partial charge >= 0.3 is 5.97 Å². The number of esters is 1. The number of carbonyl (C=O) groups excluding carboxylic acids is 1. The van der Waals surface area contributed by atoms with Crippen LogP contribution in [0.4, 0.5) is 0 Å². The molecule has 124 valence electrons. The summed E-state index contributed by atoms with van der Waals surface area (Å²) in [4.78, 5) is 11.5. The van der Waals surface area contributed by atoms with Gasteiger partial charge in [0.25, 0.3) is 0 Å². The molecule has 1 aliphatic rings.